The number of hydrogen-bond donors (Lipinski definition) is 0. The normalized spacial score (nSPS) is 11.9. The molecule has 2 aromatic carbocycles. The Bertz CT molecular complexity index is 1410. The number of fused-ring (bicyclic) bond motifs is 3. The Hall–Kier alpha value is -3.79. The first-order valence-electron chi connectivity index (χ1n) is 8.36. The van der Waals surface area contributed by atoms with Gasteiger partial charge in [0.05, 0.1) is 33.2 Å². The number of benzene rings is 2. The van der Waals surface area contributed by atoms with Crippen LogP contribution in [0.1, 0.15) is 12.5 Å². The van der Waals surface area contributed by atoms with E-state index in [2.05, 4.69) is 4.98 Å². The highest BCUT2D eigenvalue weighted by Crippen LogP contribution is 2.40. The molecule has 0 saturated carbocycles. The van der Waals surface area contributed by atoms with Gasteiger partial charge in [0.25, 0.3) is 5.56 Å². The van der Waals surface area contributed by atoms with Crippen molar-refractivity contribution in [3.05, 3.63) is 67.0 Å². The summed E-state index contributed by atoms with van der Waals surface area (Å²) in [6.45, 7) is 1.18. The molecule has 0 bridgehead atoms. The Morgan fingerprint density at radius 1 is 1.28 bits per heavy atom. The van der Waals surface area contributed by atoms with Crippen LogP contribution in [0.2, 0.25) is 0 Å². The Morgan fingerprint density at radius 2 is 2.03 bits per heavy atom. The summed E-state index contributed by atoms with van der Waals surface area (Å²) < 4.78 is 11.9. The maximum absolute atomic E-state index is 12.9. The lowest BCUT2D eigenvalue weighted by molar-refractivity contribution is -0.386. The summed E-state index contributed by atoms with van der Waals surface area (Å²) in [5, 5.41) is 11.7. The summed E-state index contributed by atoms with van der Waals surface area (Å²) in [7, 11) is 1.24. The topological polar surface area (TPSA) is 113 Å². The minimum Gasteiger partial charge on any atom is -0.488 e. The van der Waals surface area contributed by atoms with Gasteiger partial charge in [0, 0.05) is 6.92 Å². The first kappa shape index (κ1) is 18.6. The van der Waals surface area contributed by atoms with Crippen molar-refractivity contribution >= 4 is 45.1 Å². The number of ether oxygens (including phenoxy) is 2. The number of aromatic nitrogens is 2. The number of nitrogens with zero attached hydrogens (tertiary/aromatic N) is 3. The zero-order chi connectivity index (χ0) is 20.7. The molecule has 2 heterocycles. The van der Waals surface area contributed by atoms with Gasteiger partial charge < -0.3 is 9.47 Å². The lowest BCUT2D eigenvalue weighted by atomic mass is 10.1. The zero-order valence-electron chi connectivity index (χ0n) is 15.2. The SMILES string of the molecule is COc1c(OC(C)=O)ccc(/C=c2\sc3nc4ccccc4n3c2=O)c1[N+](=O)[O-]. The van der Waals surface area contributed by atoms with Crippen molar-refractivity contribution < 1.29 is 19.2 Å². The number of esters is 1. The number of imidazole rings is 1. The number of para-hydroxylation sites is 2. The predicted molar refractivity (Wildman–Crippen MR) is 107 cm³/mol. The molecule has 29 heavy (non-hydrogen) atoms. The summed E-state index contributed by atoms with van der Waals surface area (Å²) in [6.07, 6.45) is 1.41. The molecule has 0 aliphatic carbocycles. The molecule has 0 N–H and O–H groups in total. The number of methoxy groups -OCH3 is 1. The molecule has 0 atom stereocenters. The van der Waals surface area contributed by atoms with Crippen molar-refractivity contribution in [1.29, 1.82) is 0 Å². The molecule has 0 amide bonds. The fourth-order valence-corrected chi connectivity index (χ4v) is 4.04. The molecule has 0 spiro atoms. The molecular weight excluding hydrogens is 398 g/mol. The van der Waals surface area contributed by atoms with Gasteiger partial charge in [0.15, 0.2) is 10.7 Å². The van der Waals surface area contributed by atoms with E-state index in [9.17, 15) is 19.7 Å². The Balaban J connectivity index is 1.97. The van der Waals surface area contributed by atoms with Crippen LogP contribution in [0.15, 0.2) is 41.2 Å². The molecule has 4 rings (SSSR count). The predicted octanol–water partition coefficient (Wildman–Crippen LogP) is 2.30. The highest BCUT2D eigenvalue weighted by atomic mass is 32.1. The van der Waals surface area contributed by atoms with Gasteiger partial charge in [0.2, 0.25) is 5.75 Å². The molecule has 0 saturated heterocycles. The zero-order valence-corrected chi connectivity index (χ0v) is 16.1. The molecule has 9 nitrogen and oxygen atoms in total. The average Bonchev–Trinajstić information content (AvgIpc) is 3.18. The standard InChI is InChI=1S/C19H13N3O6S/c1-10(23)28-14-8-7-11(16(22(25)26)17(14)27-2)9-15-18(24)21-13-6-4-3-5-12(13)20-19(21)29-15/h3-9H,1-2H3/b15-9-. The van der Waals surface area contributed by atoms with Crippen LogP contribution < -0.4 is 19.6 Å². The number of nitro groups is 1. The van der Waals surface area contributed by atoms with Gasteiger partial charge in [-0.2, -0.15) is 0 Å². The second-order valence-corrected chi connectivity index (χ2v) is 7.03. The van der Waals surface area contributed by atoms with Crippen molar-refractivity contribution in [3.63, 3.8) is 0 Å². The van der Waals surface area contributed by atoms with Crippen LogP contribution in [0.5, 0.6) is 11.5 Å². The van der Waals surface area contributed by atoms with Gasteiger partial charge in [-0.1, -0.05) is 23.5 Å². The van der Waals surface area contributed by atoms with Gasteiger partial charge >= 0.3 is 11.7 Å². The second-order valence-electron chi connectivity index (χ2n) is 6.02. The molecule has 0 unspecified atom stereocenters. The summed E-state index contributed by atoms with van der Waals surface area (Å²) in [4.78, 5) is 40.1. The van der Waals surface area contributed by atoms with E-state index < -0.39 is 16.6 Å². The molecular formula is C19H13N3O6S. The number of thiazole rings is 1. The number of carbonyl (C=O) groups excluding carboxylic acids is 1. The van der Waals surface area contributed by atoms with Gasteiger partial charge in [-0.25, -0.2) is 9.38 Å². The van der Waals surface area contributed by atoms with Crippen LogP contribution in [0.4, 0.5) is 5.69 Å². The minimum atomic E-state index is -0.643. The fourth-order valence-electron chi connectivity index (χ4n) is 3.06. The third kappa shape index (κ3) is 3.09. The highest BCUT2D eigenvalue weighted by Gasteiger charge is 2.25. The van der Waals surface area contributed by atoms with Gasteiger partial charge in [-0.3, -0.25) is 19.7 Å². The summed E-state index contributed by atoms with van der Waals surface area (Å²) >= 11 is 1.13. The van der Waals surface area contributed by atoms with Crippen molar-refractivity contribution in [1.82, 2.24) is 9.38 Å². The van der Waals surface area contributed by atoms with Crippen LogP contribution in [-0.2, 0) is 4.79 Å². The van der Waals surface area contributed by atoms with E-state index in [4.69, 9.17) is 9.47 Å². The summed E-state index contributed by atoms with van der Waals surface area (Å²) in [6, 6.07) is 10.0. The smallest absolute Gasteiger partial charge is 0.322 e. The Kier molecular flexibility index (Phi) is 4.47. The molecule has 4 aromatic rings. The minimum absolute atomic E-state index is 0.0711. The molecule has 10 heteroatoms. The van der Waals surface area contributed by atoms with Crippen LogP contribution in [-0.4, -0.2) is 27.4 Å². The summed E-state index contributed by atoms with van der Waals surface area (Å²) in [5.74, 6) is -0.904. The highest BCUT2D eigenvalue weighted by molar-refractivity contribution is 7.15. The molecule has 0 radical (unpaired) electrons. The molecule has 0 aliphatic heterocycles. The van der Waals surface area contributed by atoms with Crippen molar-refractivity contribution in [2.75, 3.05) is 7.11 Å². The maximum atomic E-state index is 12.9. The van der Waals surface area contributed by atoms with E-state index in [0.717, 1.165) is 11.3 Å². The molecule has 2 aromatic heterocycles. The fraction of sp³-hybridized carbons (Fsp3) is 0.105. The lowest BCUT2D eigenvalue weighted by Gasteiger charge is -2.09. The average molecular weight is 411 g/mol. The lowest BCUT2D eigenvalue weighted by Crippen LogP contribution is -2.22. The van der Waals surface area contributed by atoms with E-state index in [1.54, 1.807) is 18.2 Å². The largest absolute Gasteiger partial charge is 0.488 e. The van der Waals surface area contributed by atoms with E-state index >= 15 is 0 Å². The van der Waals surface area contributed by atoms with Crippen molar-refractivity contribution in [2.45, 2.75) is 6.92 Å². The number of hydrogen-bond acceptors (Lipinski definition) is 8. The Labute approximate surface area is 166 Å². The quantitative estimate of drug-likeness (QED) is 0.219. The van der Waals surface area contributed by atoms with E-state index in [1.807, 2.05) is 6.07 Å². The first-order valence-corrected chi connectivity index (χ1v) is 9.18. The maximum Gasteiger partial charge on any atom is 0.322 e. The van der Waals surface area contributed by atoms with Crippen LogP contribution >= 0.6 is 11.3 Å². The van der Waals surface area contributed by atoms with Crippen LogP contribution in [0.3, 0.4) is 0 Å². The monoisotopic (exact) mass is 411 g/mol. The van der Waals surface area contributed by atoms with E-state index in [-0.39, 0.29) is 27.2 Å². The molecule has 0 aliphatic rings. The number of nitro benzene ring substituents is 1. The van der Waals surface area contributed by atoms with Crippen LogP contribution in [0, 0.1) is 10.1 Å². The number of carbonyl (C=O) groups is 1. The summed E-state index contributed by atoms with van der Waals surface area (Å²) in [5.41, 5.74) is 0.785. The van der Waals surface area contributed by atoms with Crippen molar-refractivity contribution in [2.24, 2.45) is 0 Å². The first-order chi connectivity index (χ1) is 13.9. The molecule has 146 valence electrons. The third-order valence-corrected chi connectivity index (χ3v) is 5.17. The van der Waals surface area contributed by atoms with Gasteiger partial charge in [-0.05, 0) is 30.3 Å². The second kappa shape index (κ2) is 6.99. The van der Waals surface area contributed by atoms with Crippen molar-refractivity contribution in [3.8, 4) is 11.5 Å². The van der Waals surface area contributed by atoms with Gasteiger partial charge in [-0.15, -0.1) is 0 Å². The van der Waals surface area contributed by atoms with E-state index in [1.165, 1.54) is 36.6 Å². The van der Waals surface area contributed by atoms with Crippen LogP contribution in [0.25, 0.3) is 22.1 Å². The Morgan fingerprint density at radius 3 is 2.72 bits per heavy atom. The van der Waals surface area contributed by atoms with E-state index in [0.29, 0.717) is 16.0 Å². The molecule has 0 fully saturated rings. The third-order valence-electron chi connectivity index (χ3n) is 4.20. The number of rotatable bonds is 4. The van der Waals surface area contributed by atoms with Gasteiger partial charge in [0.1, 0.15) is 0 Å².